The fraction of sp³-hybridized carbons (Fsp3) is 0.500. The Bertz CT molecular complexity index is 377. The second-order valence-electron chi connectivity index (χ2n) is 3.33. The topological polar surface area (TPSA) is 29.5 Å². The first kappa shape index (κ1) is 10.8. The van der Waals surface area contributed by atoms with E-state index in [0.29, 0.717) is 12.2 Å². The molecule has 1 aromatic heterocycles. The SMILES string of the molecule is CCOC(=O)c1csc2c1N(Cl)CCC2. The van der Waals surface area contributed by atoms with Gasteiger partial charge in [0.1, 0.15) is 0 Å². The van der Waals surface area contributed by atoms with E-state index in [1.54, 1.807) is 22.7 Å². The average molecular weight is 246 g/mol. The summed E-state index contributed by atoms with van der Waals surface area (Å²) in [5.74, 6) is -0.275. The summed E-state index contributed by atoms with van der Waals surface area (Å²) in [5, 5.41) is 1.84. The van der Waals surface area contributed by atoms with Crippen molar-refractivity contribution in [3.63, 3.8) is 0 Å². The first-order valence-corrected chi connectivity index (χ1v) is 6.16. The third kappa shape index (κ3) is 1.96. The molecule has 15 heavy (non-hydrogen) atoms. The molecule has 0 saturated heterocycles. The zero-order valence-corrected chi connectivity index (χ0v) is 10.0. The molecule has 1 aliphatic rings. The number of ether oxygens (including phenoxy) is 1. The van der Waals surface area contributed by atoms with Crippen LogP contribution in [-0.4, -0.2) is 19.1 Å². The van der Waals surface area contributed by atoms with Crippen LogP contribution in [0.4, 0.5) is 5.69 Å². The molecule has 5 heteroatoms. The van der Waals surface area contributed by atoms with E-state index in [9.17, 15) is 4.79 Å². The van der Waals surface area contributed by atoms with E-state index in [-0.39, 0.29) is 5.97 Å². The van der Waals surface area contributed by atoms with Gasteiger partial charge in [0.05, 0.1) is 17.9 Å². The maximum absolute atomic E-state index is 11.6. The molecule has 0 unspecified atom stereocenters. The molecule has 1 aliphatic heterocycles. The minimum atomic E-state index is -0.275. The summed E-state index contributed by atoms with van der Waals surface area (Å²) in [4.78, 5) is 12.8. The van der Waals surface area contributed by atoms with Crippen LogP contribution in [0.5, 0.6) is 0 Å². The van der Waals surface area contributed by atoms with Gasteiger partial charge in [0.25, 0.3) is 0 Å². The van der Waals surface area contributed by atoms with Gasteiger partial charge in [-0.25, -0.2) is 4.79 Å². The maximum atomic E-state index is 11.6. The van der Waals surface area contributed by atoms with Gasteiger partial charge in [-0.1, -0.05) is 0 Å². The molecule has 0 N–H and O–H groups in total. The van der Waals surface area contributed by atoms with Gasteiger partial charge in [-0.2, -0.15) is 0 Å². The van der Waals surface area contributed by atoms with Crippen molar-refractivity contribution in [2.45, 2.75) is 19.8 Å². The number of carbonyl (C=O) groups is 1. The number of aryl methyl sites for hydroxylation is 1. The lowest BCUT2D eigenvalue weighted by Gasteiger charge is -2.22. The second-order valence-corrected chi connectivity index (χ2v) is 4.70. The number of rotatable bonds is 2. The maximum Gasteiger partial charge on any atom is 0.341 e. The molecule has 0 spiro atoms. The third-order valence-electron chi connectivity index (χ3n) is 2.33. The van der Waals surface area contributed by atoms with Crippen molar-refractivity contribution < 1.29 is 9.53 Å². The summed E-state index contributed by atoms with van der Waals surface area (Å²) in [6.45, 7) is 2.98. The first-order valence-electron chi connectivity index (χ1n) is 4.94. The molecule has 0 saturated carbocycles. The Morgan fingerprint density at radius 3 is 3.27 bits per heavy atom. The van der Waals surface area contributed by atoms with Gasteiger partial charge in [-0.3, -0.25) is 4.42 Å². The van der Waals surface area contributed by atoms with E-state index in [4.69, 9.17) is 16.5 Å². The van der Waals surface area contributed by atoms with Crippen LogP contribution >= 0.6 is 23.1 Å². The van der Waals surface area contributed by atoms with Crippen molar-refractivity contribution in [1.82, 2.24) is 0 Å². The Morgan fingerprint density at radius 2 is 2.53 bits per heavy atom. The van der Waals surface area contributed by atoms with Crippen LogP contribution in [0.2, 0.25) is 0 Å². The highest BCUT2D eigenvalue weighted by Gasteiger charge is 2.25. The zero-order chi connectivity index (χ0) is 10.8. The first-order chi connectivity index (χ1) is 7.24. The van der Waals surface area contributed by atoms with E-state index in [0.717, 1.165) is 25.1 Å². The highest BCUT2D eigenvalue weighted by molar-refractivity contribution is 7.11. The highest BCUT2D eigenvalue weighted by Crippen LogP contribution is 2.37. The molecule has 0 atom stereocenters. The molecule has 0 aromatic carbocycles. The van der Waals surface area contributed by atoms with Gasteiger partial charge in [0, 0.05) is 28.6 Å². The quantitative estimate of drug-likeness (QED) is 0.593. The number of halogens is 1. The average Bonchev–Trinajstić information content (AvgIpc) is 2.63. The van der Waals surface area contributed by atoms with Gasteiger partial charge in [-0.05, 0) is 19.8 Å². The summed E-state index contributed by atoms with van der Waals surface area (Å²) in [6, 6.07) is 0. The van der Waals surface area contributed by atoms with Crippen molar-refractivity contribution >= 4 is 34.8 Å². The Kier molecular flexibility index (Phi) is 3.17. The van der Waals surface area contributed by atoms with Gasteiger partial charge >= 0.3 is 5.97 Å². The van der Waals surface area contributed by atoms with E-state index in [1.807, 2.05) is 5.38 Å². The van der Waals surface area contributed by atoms with Crippen LogP contribution in [0, 0.1) is 0 Å². The number of carbonyl (C=O) groups excluding carboxylic acids is 1. The van der Waals surface area contributed by atoms with E-state index < -0.39 is 0 Å². The number of hydrogen-bond donors (Lipinski definition) is 0. The molecule has 0 radical (unpaired) electrons. The molecular weight excluding hydrogens is 234 g/mol. The monoisotopic (exact) mass is 245 g/mol. The predicted molar refractivity (Wildman–Crippen MR) is 61.8 cm³/mol. The van der Waals surface area contributed by atoms with Crippen LogP contribution in [0.1, 0.15) is 28.6 Å². The molecule has 3 nitrogen and oxygen atoms in total. The Labute approximate surface area is 97.7 Å². The number of fused-ring (bicyclic) bond motifs is 1. The molecule has 1 aromatic rings. The standard InChI is InChI=1S/C10H12ClNO2S/c1-2-14-10(13)7-6-15-8-4-3-5-12(11)9(7)8/h6H,2-5H2,1H3. The number of anilines is 1. The third-order valence-corrected chi connectivity index (χ3v) is 3.71. The van der Waals surface area contributed by atoms with Crippen LogP contribution in [0.15, 0.2) is 5.38 Å². The molecule has 0 aliphatic carbocycles. The van der Waals surface area contributed by atoms with Crippen molar-refractivity contribution in [3.8, 4) is 0 Å². The van der Waals surface area contributed by atoms with Crippen LogP contribution in [0.3, 0.4) is 0 Å². The number of hydrogen-bond acceptors (Lipinski definition) is 4. The number of nitrogens with zero attached hydrogens (tertiary/aromatic N) is 1. The number of esters is 1. The smallest absolute Gasteiger partial charge is 0.341 e. The fourth-order valence-corrected chi connectivity index (χ4v) is 3.10. The normalized spacial score (nSPS) is 14.9. The van der Waals surface area contributed by atoms with E-state index >= 15 is 0 Å². The van der Waals surface area contributed by atoms with Crippen molar-refractivity contribution in [1.29, 1.82) is 0 Å². The van der Waals surface area contributed by atoms with Gasteiger partial charge in [-0.15, -0.1) is 11.3 Å². The minimum Gasteiger partial charge on any atom is -0.462 e. The molecular formula is C10H12ClNO2S. The molecule has 2 heterocycles. The van der Waals surface area contributed by atoms with Crippen LogP contribution in [0.25, 0.3) is 0 Å². The lowest BCUT2D eigenvalue weighted by atomic mass is 10.1. The summed E-state index contributed by atoms with van der Waals surface area (Å²) >= 11 is 7.65. The van der Waals surface area contributed by atoms with E-state index in [1.165, 1.54) is 4.88 Å². The van der Waals surface area contributed by atoms with Crippen molar-refractivity contribution in [2.75, 3.05) is 17.6 Å². The Balaban J connectivity index is 2.33. The van der Waals surface area contributed by atoms with Crippen molar-refractivity contribution in [3.05, 3.63) is 15.8 Å². The molecule has 0 amide bonds. The highest BCUT2D eigenvalue weighted by atomic mass is 35.5. The Hall–Kier alpha value is -0.740. The predicted octanol–water partition coefficient (Wildman–Crippen LogP) is 2.83. The largest absolute Gasteiger partial charge is 0.462 e. The van der Waals surface area contributed by atoms with Crippen LogP contribution in [-0.2, 0) is 11.2 Å². The molecule has 2 rings (SSSR count). The lowest BCUT2D eigenvalue weighted by molar-refractivity contribution is 0.0528. The summed E-state index contributed by atoms with van der Waals surface area (Å²) < 4.78 is 6.61. The van der Waals surface area contributed by atoms with Gasteiger partial charge < -0.3 is 4.74 Å². The second kappa shape index (κ2) is 4.41. The molecule has 0 bridgehead atoms. The molecule has 82 valence electrons. The number of thiophene rings is 1. The fourth-order valence-electron chi connectivity index (χ4n) is 1.68. The molecule has 0 fully saturated rings. The van der Waals surface area contributed by atoms with Crippen molar-refractivity contribution in [2.24, 2.45) is 0 Å². The summed E-state index contributed by atoms with van der Waals surface area (Å²) in [7, 11) is 0. The van der Waals surface area contributed by atoms with E-state index in [2.05, 4.69) is 0 Å². The Morgan fingerprint density at radius 1 is 1.73 bits per heavy atom. The lowest BCUT2D eigenvalue weighted by Crippen LogP contribution is -2.20. The zero-order valence-electron chi connectivity index (χ0n) is 8.46. The van der Waals surface area contributed by atoms with Crippen LogP contribution < -0.4 is 4.42 Å². The minimum absolute atomic E-state index is 0.275. The summed E-state index contributed by atoms with van der Waals surface area (Å²) in [6.07, 6.45) is 2.04. The van der Waals surface area contributed by atoms with Gasteiger partial charge in [0.15, 0.2) is 0 Å². The summed E-state index contributed by atoms with van der Waals surface area (Å²) in [5.41, 5.74) is 1.46. The van der Waals surface area contributed by atoms with Gasteiger partial charge in [0.2, 0.25) is 0 Å².